The van der Waals surface area contributed by atoms with Gasteiger partial charge in [-0.1, -0.05) is 39.3 Å². The first-order valence-electron chi connectivity index (χ1n) is 10.5. The van der Waals surface area contributed by atoms with Crippen molar-refractivity contribution in [3.8, 4) is 5.75 Å². The molecule has 31 heavy (non-hydrogen) atoms. The molecule has 0 aliphatic carbocycles. The van der Waals surface area contributed by atoms with Gasteiger partial charge in [0.05, 0.1) is 18.4 Å². The summed E-state index contributed by atoms with van der Waals surface area (Å²) in [5, 5.41) is 8.45. The number of methoxy groups -OCH3 is 1. The van der Waals surface area contributed by atoms with E-state index in [2.05, 4.69) is 16.0 Å². The molecule has 2 aromatic carbocycles. The molecule has 0 aliphatic heterocycles. The molecule has 0 saturated carbocycles. The van der Waals surface area contributed by atoms with Crippen LogP contribution in [0.25, 0.3) is 0 Å². The zero-order valence-corrected chi connectivity index (χ0v) is 18.5. The predicted octanol–water partition coefficient (Wildman–Crippen LogP) is 3.62. The maximum absolute atomic E-state index is 13.0. The van der Waals surface area contributed by atoms with Gasteiger partial charge in [-0.15, -0.1) is 0 Å². The van der Waals surface area contributed by atoms with E-state index in [-0.39, 0.29) is 23.3 Å². The molecule has 0 aliphatic rings. The van der Waals surface area contributed by atoms with Gasteiger partial charge in [-0.25, -0.2) is 0 Å². The molecule has 3 amide bonds. The lowest BCUT2D eigenvalue weighted by atomic mass is 10.0. The van der Waals surface area contributed by atoms with Gasteiger partial charge in [-0.05, 0) is 48.7 Å². The minimum Gasteiger partial charge on any atom is -0.497 e. The monoisotopic (exact) mass is 425 g/mol. The molecule has 0 aromatic heterocycles. The predicted molar refractivity (Wildman–Crippen MR) is 121 cm³/mol. The highest BCUT2D eigenvalue weighted by Gasteiger charge is 2.25. The number of anilines is 1. The van der Waals surface area contributed by atoms with Gasteiger partial charge in [0.25, 0.3) is 11.8 Å². The molecule has 166 valence electrons. The van der Waals surface area contributed by atoms with E-state index in [4.69, 9.17) is 4.74 Å². The van der Waals surface area contributed by atoms with Crippen LogP contribution < -0.4 is 20.7 Å². The smallest absolute Gasteiger partial charge is 0.255 e. The SMILES string of the molecule is CCCCNC(=O)[C@@H](NC(=O)c1ccccc1NC(=O)c1ccc(OC)cc1)C(C)C. The summed E-state index contributed by atoms with van der Waals surface area (Å²) in [5.41, 5.74) is 1.09. The van der Waals surface area contributed by atoms with Crippen molar-refractivity contribution in [2.75, 3.05) is 19.0 Å². The van der Waals surface area contributed by atoms with E-state index in [0.717, 1.165) is 12.8 Å². The van der Waals surface area contributed by atoms with Crippen molar-refractivity contribution in [1.82, 2.24) is 10.6 Å². The van der Waals surface area contributed by atoms with Crippen LogP contribution in [-0.4, -0.2) is 37.4 Å². The van der Waals surface area contributed by atoms with Crippen molar-refractivity contribution >= 4 is 23.4 Å². The molecule has 0 heterocycles. The van der Waals surface area contributed by atoms with Gasteiger partial charge in [0.2, 0.25) is 5.91 Å². The summed E-state index contributed by atoms with van der Waals surface area (Å²) in [5.74, 6) is -0.424. The molecule has 0 fully saturated rings. The number of hydrogen-bond donors (Lipinski definition) is 3. The lowest BCUT2D eigenvalue weighted by Gasteiger charge is -2.22. The number of rotatable bonds is 10. The number of carbonyl (C=O) groups is 3. The van der Waals surface area contributed by atoms with E-state index in [0.29, 0.717) is 23.5 Å². The number of unbranched alkanes of at least 4 members (excludes halogenated alkanes) is 1. The Hall–Kier alpha value is -3.35. The van der Waals surface area contributed by atoms with Gasteiger partial charge >= 0.3 is 0 Å². The van der Waals surface area contributed by atoms with Crippen LogP contribution in [0.15, 0.2) is 48.5 Å². The van der Waals surface area contributed by atoms with E-state index >= 15 is 0 Å². The first-order chi connectivity index (χ1) is 14.9. The third-order valence-electron chi connectivity index (χ3n) is 4.84. The molecule has 0 radical (unpaired) electrons. The standard InChI is InChI=1S/C24H31N3O4/c1-5-6-15-25-24(30)21(16(2)3)27-23(29)19-9-7-8-10-20(19)26-22(28)17-11-13-18(31-4)14-12-17/h7-14,16,21H,5-6,15H2,1-4H3,(H,25,30)(H,26,28)(H,27,29)/t21-/m0/s1. The fraction of sp³-hybridized carbons (Fsp3) is 0.375. The molecule has 7 nitrogen and oxygen atoms in total. The van der Waals surface area contributed by atoms with Crippen LogP contribution >= 0.6 is 0 Å². The molecule has 1 atom stereocenters. The molecular formula is C24H31N3O4. The van der Waals surface area contributed by atoms with Crippen LogP contribution in [-0.2, 0) is 4.79 Å². The highest BCUT2D eigenvalue weighted by Crippen LogP contribution is 2.18. The minimum atomic E-state index is -0.672. The first-order valence-corrected chi connectivity index (χ1v) is 10.5. The average Bonchev–Trinajstić information content (AvgIpc) is 2.77. The summed E-state index contributed by atoms with van der Waals surface area (Å²) in [7, 11) is 1.55. The van der Waals surface area contributed by atoms with Crippen molar-refractivity contribution in [2.45, 2.75) is 39.7 Å². The van der Waals surface area contributed by atoms with Crippen LogP contribution in [0.3, 0.4) is 0 Å². The average molecular weight is 426 g/mol. The number of benzene rings is 2. The van der Waals surface area contributed by atoms with Crippen LogP contribution in [0, 0.1) is 5.92 Å². The maximum atomic E-state index is 13.0. The third-order valence-corrected chi connectivity index (χ3v) is 4.84. The van der Waals surface area contributed by atoms with E-state index in [1.807, 2.05) is 20.8 Å². The second-order valence-corrected chi connectivity index (χ2v) is 7.57. The van der Waals surface area contributed by atoms with E-state index in [1.165, 1.54) is 0 Å². The molecule has 3 N–H and O–H groups in total. The number of amides is 3. The lowest BCUT2D eigenvalue weighted by molar-refractivity contribution is -0.123. The Morgan fingerprint density at radius 1 is 0.968 bits per heavy atom. The molecule has 2 aromatic rings. The number of ether oxygens (including phenoxy) is 1. The van der Waals surface area contributed by atoms with Gasteiger partial charge in [0.1, 0.15) is 11.8 Å². The molecule has 0 spiro atoms. The third kappa shape index (κ3) is 6.84. The van der Waals surface area contributed by atoms with Crippen molar-refractivity contribution < 1.29 is 19.1 Å². The second kappa shape index (κ2) is 11.7. The summed E-state index contributed by atoms with van der Waals surface area (Å²) >= 11 is 0. The van der Waals surface area contributed by atoms with Crippen LogP contribution in [0.1, 0.15) is 54.3 Å². The maximum Gasteiger partial charge on any atom is 0.255 e. The van der Waals surface area contributed by atoms with Gasteiger partial charge in [0.15, 0.2) is 0 Å². The van der Waals surface area contributed by atoms with Gasteiger partial charge in [0, 0.05) is 12.1 Å². The topological polar surface area (TPSA) is 96.5 Å². The highest BCUT2D eigenvalue weighted by atomic mass is 16.5. The number of para-hydroxylation sites is 1. The van der Waals surface area contributed by atoms with Crippen molar-refractivity contribution in [3.63, 3.8) is 0 Å². The Balaban J connectivity index is 2.14. The van der Waals surface area contributed by atoms with Crippen molar-refractivity contribution in [1.29, 1.82) is 0 Å². The summed E-state index contributed by atoms with van der Waals surface area (Å²) < 4.78 is 5.11. The fourth-order valence-corrected chi connectivity index (χ4v) is 2.98. The Morgan fingerprint density at radius 3 is 2.26 bits per heavy atom. The largest absolute Gasteiger partial charge is 0.497 e. The zero-order valence-electron chi connectivity index (χ0n) is 18.5. The summed E-state index contributed by atoms with van der Waals surface area (Å²) in [6, 6.07) is 12.7. The summed E-state index contributed by atoms with van der Waals surface area (Å²) in [6.45, 7) is 6.37. The molecule has 0 unspecified atom stereocenters. The summed E-state index contributed by atoms with van der Waals surface area (Å²) in [4.78, 5) is 38.1. The Kier molecular flexibility index (Phi) is 9.06. The number of hydrogen-bond acceptors (Lipinski definition) is 4. The molecular weight excluding hydrogens is 394 g/mol. The second-order valence-electron chi connectivity index (χ2n) is 7.57. The van der Waals surface area contributed by atoms with Gasteiger partial charge in [-0.3, -0.25) is 14.4 Å². The van der Waals surface area contributed by atoms with Crippen LogP contribution in [0.5, 0.6) is 5.75 Å². The van der Waals surface area contributed by atoms with Crippen LogP contribution in [0.4, 0.5) is 5.69 Å². The molecule has 0 saturated heterocycles. The fourth-order valence-electron chi connectivity index (χ4n) is 2.98. The van der Waals surface area contributed by atoms with Crippen molar-refractivity contribution in [3.05, 3.63) is 59.7 Å². The number of carbonyl (C=O) groups excluding carboxylic acids is 3. The van der Waals surface area contributed by atoms with E-state index in [1.54, 1.807) is 55.6 Å². The quantitative estimate of drug-likeness (QED) is 0.507. The lowest BCUT2D eigenvalue weighted by Crippen LogP contribution is -2.50. The van der Waals surface area contributed by atoms with E-state index in [9.17, 15) is 14.4 Å². The van der Waals surface area contributed by atoms with Crippen molar-refractivity contribution in [2.24, 2.45) is 5.92 Å². The number of nitrogens with one attached hydrogen (secondary N) is 3. The molecule has 2 rings (SSSR count). The van der Waals surface area contributed by atoms with E-state index < -0.39 is 11.9 Å². The Bertz CT molecular complexity index is 894. The Labute approximate surface area is 183 Å². The van der Waals surface area contributed by atoms with Gasteiger partial charge in [-0.2, -0.15) is 0 Å². The normalized spacial score (nSPS) is 11.5. The van der Waals surface area contributed by atoms with Gasteiger partial charge < -0.3 is 20.7 Å². The first kappa shape index (κ1) is 23.9. The molecule has 7 heteroatoms. The Morgan fingerprint density at radius 2 is 1.65 bits per heavy atom. The minimum absolute atomic E-state index is 0.0911. The molecule has 0 bridgehead atoms. The highest BCUT2D eigenvalue weighted by molar-refractivity contribution is 6.09. The van der Waals surface area contributed by atoms with Crippen LogP contribution in [0.2, 0.25) is 0 Å². The zero-order chi connectivity index (χ0) is 22.8. The summed E-state index contributed by atoms with van der Waals surface area (Å²) in [6.07, 6.45) is 1.85.